The number of allylic oxidation sites excluding steroid dienone is 1. The predicted molar refractivity (Wildman–Crippen MR) is 106 cm³/mol. The van der Waals surface area contributed by atoms with Crippen molar-refractivity contribution in [1.29, 1.82) is 0 Å². The Labute approximate surface area is 163 Å². The minimum atomic E-state index is -0.213. The Morgan fingerprint density at radius 1 is 1.29 bits per heavy atom. The number of hydrogen-bond acceptors (Lipinski definition) is 5. The van der Waals surface area contributed by atoms with Crippen molar-refractivity contribution in [2.24, 2.45) is 5.92 Å². The van der Waals surface area contributed by atoms with Crippen LogP contribution >= 0.6 is 0 Å². The van der Waals surface area contributed by atoms with Crippen molar-refractivity contribution in [3.05, 3.63) is 52.1 Å². The van der Waals surface area contributed by atoms with E-state index in [9.17, 15) is 14.7 Å². The number of carbonyl (C=O) groups excluding carboxylic acids is 1. The maximum absolute atomic E-state index is 12.9. The monoisotopic (exact) mass is 382 g/mol. The molecular formula is C21H26N4O3. The van der Waals surface area contributed by atoms with Gasteiger partial charge in [0.2, 0.25) is 5.91 Å². The summed E-state index contributed by atoms with van der Waals surface area (Å²) >= 11 is 0. The van der Waals surface area contributed by atoms with Crippen molar-refractivity contribution in [2.45, 2.75) is 39.3 Å². The summed E-state index contributed by atoms with van der Waals surface area (Å²) < 4.78 is 1.34. The Morgan fingerprint density at radius 3 is 2.89 bits per heavy atom. The third kappa shape index (κ3) is 3.54. The van der Waals surface area contributed by atoms with Gasteiger partial charge in [0.15, 0.2) is 11.4 Å². The Bertz CT molecular complexity index is 993. The Hall–Kier alpha value is -2.67. The van der Waals surface area contributed by atoms with Crippen molar-refractivity contribution in [1.82, 2.24) is 19.2 Å². The molecule has 2 aromatic rings. The molecule has 7 heteroatoms. The van der Waals surface area contributed by atoms with Crippen molar-refractivity contribution < 1.29 is 9.90 Å². The molecular weight excluding hydrogens is 356 g/mol. The zero-order valence-corrected chi connectivity index (χ0v) is 16.3. The van der Waals surface area contributed by atoms with E-state index in [2.05, 4.69) is 16.0 Å². The van der Waals surface area contributed by atoms with Gasteiger partial charge >= 0.3 is 0 Å². The molecule has 2 unspecified atom stereocenters. The first-order valence-electron chi connectivity index (χ1n) is 9.79. The van der Waals surface area contributed by atoms with Crippen molar-refractivity contribution >= 4 is 11.6 Å². The molecule has 1 amide bonds. The summed E-state index contributed by atoms with van der Waals surface area (Å²) in [6.07, 6.45) is 5.63. The fourth-order valence-electron chi connectivity index (χ4n) is 4.25. The maximum atomic E-state index is 12.9. The molecule has 0 radical (unpaired) electrons. The van der Waals surface area contributed by atoms with Gasteiger partial charge in [0.05, 0.1) is 11.6 Å². The van der Waals surface area contributed by atoms with Crippen LogP contribution < -0.4 is 5.56 Å². The number of aromatic hydroxyl groups is 1. The largest absolute Gasteiger partial charge is 0.504 e. The minimum absolute atomic E-state index is 0.000677. The maximum Gasteiger partial charge on any atom is 0.258 e. The number of aromatic nitrogens is 2. The van der Waals surface area contributed by atoms with Crippen LogP contribution in [0.15, 0.2) is 40.8 Å². The van der Waals surface area contributed by atoms with E-state index < -0.39 is 0 Å². The molecule has 2 atom stereocenters. The van der Waals surface area contributed by atoms with Gasteiger partial charge < -0.3 is 10.0 Å². The summed E-state index contributed by atoms with van der Waals surface area (Å²) in [5.41, 5.74) is 1.89. The van der Waals surface area contributed by atoms with E-state index in [4.69, 9.17) is 0 Å². The Kier molecular flexibility index (Phi) is 4.93. The number of amides is 1. The summed E-state index contributed by atoms with van der Waals surface area (Å²) in [7, 11) is 0. The third-order valence-electron chi connectivity index (χ3n) is 5.67. The number of rotatable bonds is 4. The highest BCUT2D eigenvalue weighted by Crippen LogP contribution is 2.30. The van der Waals surface area contributed by atoms with Crippen LogP contribution in [0.1, 0.15) is 32.4 Å². The lowest BCUT2D eigenvalue weighted by atomic mass is 9.94. The molecule has 5 heterocycles. The molecule has 0 aliphatic carbocycles. The van der Waals surface area contributed by atoms with Gasteiger partial charge in [-0.3, -0.25) is 18.9 Å². The highest BCUT2D eigenvalue weighted by atomic mass is 16.3. The summed E-state index contributed by atoms with van der Waals surface area (Å²) in [4.78, 5) is 34.0. The molecule has 0 saturated carbocycles. The SMILES string of the molecule is CC(C)=CCN1C(=O)C2CCC1CN(Cc1cc(=O)n3cccc(O)c3n1)C2. The molecule has 7 nitrogen and oxygen atoms in total. The van der Waals surface area contributed by atoms with Crippen molar-refractivity contribution in [2.75, 3.05) is 19.6 Å². The second-order valence-electron chi connectivity index (χ2n) is 8.07. The number of piperidine rings is 1. The van der Waals surface area contributed by atoms with Crippen molar-refractivity contribution in [3.8, 4) is 5.75 Å². The van der Waals surface area contributed by atoms with E-state index in [0.717, 1.165) is 19.4 Å². The highest BCUT2D eigenvalue weighted by molar-refractivity contribution is 5.80. The van der Waals surface area contributed by atoms with E-state index in [1.54, 1.807) is 12.3 Å². The molecule has 0 spiro atoms. The fraction of sp³-hybridized carbons (Fsp3) is 0.476. The molecule has 5 rings (SSSR count). The summed E-state index contributed by atoms with van der Waals surface area (Å²) in [6, 6.07) is 4.85. The average Bonchev–Trinajstić information content (AvgIpc) is 2.91. The summed E-state index contributed by atoms with van der Waals surface area (Å²) in [5.74, 6) is 0.222. The van der Waals surface area contributed by atoms with Crippen LogP contribution in [0, 0.1) is 5.92 Å². The standard InChI is InChI=1S/C21H26N4O3/c1-14(2)7-9-24-17-6-5-15(21(24)28)11-23(13-17)12-16-10-19(27)25-8-3-4-18(26)20(25)22-16/h3-4,7-8,10,15,17,26H,5-6,9,11-13H2,1-2H3. The van der Waals surface area contributed by atoms with Gasteiger partial charge in [0.25, 0.3) is 5.56 Å². The quantitative estimate of drug-likeness (QED) is 0.816. The third-order valence-corrected chi connectivity index (χ3v) is 5.67. The Balaban J connectivity index is 1.58. The van der Waals surface area contributed by atoms with Gasteiger partial charge in [0, 0.05) is 44.5 Å². The van der Waals surface area contributed by atoms with Crippen LogP contribution in [0.5, 0.6) is 5.75 Å². The van der Waals surface area contributed by atoms with Gasteiger partial charge in [0.1, 0.15) is 0 Å². The molecule has 3 aliphatic rings. The molecule has 1 N–H and O–H groups in total. The molecule has 148 valence electrons. The molecule has 3 fully saturated rings. The number of carbonyl (C=O) groups is 1. The zero-order valence-electron chi connectivity index (χ0n) is 16.3. The molecule has 0 aromatic carbocycles. The minimum Gasteiger partial charge on any atom is -0.504 e. The number of fused-ring (bicyclic) bond motifs is 5. The van der Waals surface area contributed by atoms with E-state index in [-0.39, 0.29) is 34.8 Å². The molecule has 28 heavy (non-hydrogen) atoms. The number of hydrogen-bond donors (Lipinski definition) is 1. The van der Waals surface area contributed by atoms with E-state index in [1.165, 1.54) is 22.1 Å². The predicted octanol–water partition coefficient (Wildman–Crippen LogP) is 1.79. The highest BCUT2D eigenvalue weighted by Gasteiger charge is 2.40. The van der Waals surface area contributed by atoms with E-state index in [0.29, 0.717) is 25.3 Å². The normalized spacial score (nSPS) is 22.5. The summed E-state index contributed by atoms with van der Waals surface area (Å²) in [6.45, 7) is 6.72. The van der Waals surface area contributed by atoms with Crippen LogP contribution in [0.3, 0.4) is 0 Å². The lowest BCUT2D eigenvalue weighted by Crippen LogP contribution is -2.47. The smallest absolute Gasteiger partial charge is 0.258 e. The Morgan fingerprint density at radius 2 is 2.11 bits per heavy atom. The summed E-state index contributed by atoms with van der Waals surface area (Å²) in [5, 5.41) is 10.0. The van der Waals surface area contributed by atoms with Crippen LogP contribution in [0.2, 0.25) is 0 Å². The lowest BCUT2D eigenvalue weighted by Gasteiger charge is -2.35. The van der Waals surface area contributed by atoms with Crippen LogP contribution in [0.4, 0.5) is 0 Å². The molecule has 3 aliphatic heterocycles. The number of pyridine rings is 1. The first kappa shape index (κ1) is 18.7. The second-order valence-corrected chi connectivity index (χ2v) is 8.07. The van der Waals surface area contributed by atoms with E-state index >= 15 is 0 Å². The molecule has 2 bridgehead atoms. The van der Waals surface area contributed by atoms with Gasteiger partial charge in [-0.25, -0.2) is 4.98 Å². The lowest BCUT2D eigenvalue weighted by molar-refractivity contribution is -0.139. The first-order valence-corrected chi connectivity index (χ1v) is 9.79. The van der Waals surface area contributed by atoms with Gasteiger partial charge in [-0.1, -0.05) is 11.6 Å². The van der Waals surface area contributed by atoms with Gasteiger partial charge in [-0.2, -0.15) is 0 Å². The molecule has 3 saturated heterocycles. The topological polar surface area (TPSA) is 78.2 Å². The number of nitrogens with zero attached hydrogens (tertiary/aromatic N) is 4. The fourth-order valence-corrected chi connectivity index (χ4v) is 4.25. The first-order chi connectivity index (χ1) is 13.4. The van der Waals surface area contributed by atoms with E-state index in [1.807, 2.05) is 18.7 Å². The van der Waals surface area contributed by atoms with Gasteiger partial charge in [-0.15, -0.1) is 0 Å². The van der Waals surface area contributed by atoms with Crippen LogP contribution in [0.25, 0.3) is 5.65 Å². The van der Waals surface area contributed by atoms with Crippen molar-refractivity contribution in [3.63, 3.8) is 0 Å². The average molecular weight is 382 g/mol. The van der Waals surface area contributed by atoms with Gasteiger partial charge in [-0.05, 0) is 38.8 Å². The second kappa shape index (κ2) is 7.39. The van der Waals surface area contributed by atoms with Crippen LogP contribution in [-0.4, -0.2) is 55.9 Å². The molecule has 2 aromatic heterocycles. The van der Waals surface area contributed by atoms with Crippen LogP contribution in [-0.2, 0) is 11.3 Å². The zero-order chi connectivity index (χ0) is 19.8.